The van der Waals surface area contributed by atoms with Crippen LogP contribution in [0.15, 0.2) is 18.2 Å². The molecule has 0 aromatic heterocycles. The molecule has 0 radical (unpaired) electrons. The predicted octanol–water partition coefficient (Wildman–Crippen LogP) is 2.97. The quantitative estimate of drug-likeness (QED) is 0.669. The van der Waals surface area contributed by atoms with Crippen molar-refractivity contribution in [2.45, 2.75) is 39.7 Å². The Morgan fingerprint density at radius 3 is 2.62 bits per heavy atom. The summed E-state index contributed by atoms with van der Waals surface area (Å²) in [6.45, 7) is 8.68. The van der Waals surface area contributed by atoms with Gasteiger partial charge in [0, 0.05) is 5.56 Å². The van der Waals surface area contributed by atoms with Crippen LogP contribution in [-0.2, 0) is 0 Å². The summed E-state index contributed by atoms with van der Waals surface area (Å²) in [6, 6.07) is 5.33. The van der Waals surface area contributed by atoms with E-state index in [0.717, 1.165) is 19.0 Å². The van der Waals surface area contributed by atoms with Crippen LogP contribution in [0.2, 0.25) is 0 Å². The SMILES string of the molecule is CC1CCN(CC(=O)c2ccc(OC(C)C)c(N)c2)CC1. The molecule has 21 heavy (non-hydrogen) atoms. The summed E-state index contributed by atoms with van der Waals surface area (Å²) < 4.78 is 5.59. The van der Waals surface area contributed by atoms with E-state index in [9.17, 15) is 4.79 Å². The minimum atomic E-state index is 0.0733. The van der Waals surface area contributed by atoms with E-state index in [-0.39, 0.29) is 11.9 Å². The number of rotatable bonds is 5. The van der Waals surface area contributed by atoms with Crippen molar-refractivity contribution < 1.29 is 9.53 Å². The maximum absolute atomic E-state index is 12.3. The van der Waals surface area contributed by atoms with Crippen LogP contribution in [-0.4, -0.2) is 36.4 Å². The Morgan fingerprint density at radius 1 is 1.38 bits per heavy atom. The van der Waals surface area contributed by atoms with E-state index in [2.05, 4.69) is 11.8 Å². The van der Waals surface area contributed by atoms with Gasteiger partial charge in [0.25, 0.3) is 0 Å². The van der Waals surface area contributed by atoms with Gasteiger partial charge in [0.05, 0.1) is 18.3 Å². The summed E-state index contributed by atoms with van der Waals surface area (Å²) >= 11 is 0. The van der Waals surface area contributed by atoms with Gasteiger partial charge in [-0.05, 0) is 63.9 Å². The van der Waals surface area contributed by atoms with Crippen molar-refractivity contribution in [3.63, 3.8) is 0 Å². The van der Waals surface area contributed by atoms with E-state index >= 15 is 0 Å². The fourth-order valence-electron chi connectivity index (χ4n) is 2.60. The molecule has 1 aliphatic heterocycles. The van der Waals surface area contributed by atoms with Gasteiger partial charge in [-0.3, -0.25) is 9.69 Å². The number of nitrogens with zero attached hydrogens (tertiary/aromatic N) is 1. The van der Waals surface area contributed by atoms with E-state index in [1.807, 2.05) is 19.9 Å². The van der Waals surface area contributed by atoms with Crippen LogP contribution < -0.4 is 10.5 Å². The average Bonchev–Trinajstić information content (AvgIpc) is 2.43. The number of ether oxygens (including phenoxy) is 1. The molecule has 0 spiro atoms. The fraction of sp³-hybridized carbons (Fsp3) is 0.588. The maximum atomic E-state index is 12.3. The van der Waals surface area contributed by atoms with Crippen LogP contribution in [0.5, 0.6) is 5.75 Å². The van der Waals surface area contributed by atoms with E-state index in [4.69, 9.17) is 10.5 Å². The summed E-state index contributed by atoms with van der Waals surface area (Å²) in [4.78, 5) is 14.6. The first-order valence-corrected chi connectivity index (χ1v) is 7.77. The van der Waals surface area contributed by atoms with Crippen LogP contribution in [0.1, 0.15) is 44.0 Å². The molecule has 1 aliphatic rings. The standard InChI is InChI=1S/C17H26N2O2/c1-12(2)21-17-5-4-14(10-15(17)18)16(20)11-19-8-6-13(3)7-9-19/h4-5,10,12-13H,6-9,11,18H2,1-3H3. The van der Waals surface area contributed by atoms with Gasteiger partial charge >= 0.3 is 0 Å². The number of Topliss-reactive ketones (excluding diaryl/α,β-unsaturated/α-hetero) is 1. The number of hydrogen-bond donors (Lipinski definition) is 1. The Kier molecular flexibility index (Phi) is 5.23. The number of likely N-dealkylation sites (tertiary alicyclic amines) is 1. The first-order chi connectivity index (χ1) is 9.95. The minimum Gasteiger partial charge on any atom is -0.489 e. The van der Waals surface area contributed by atoms with E-state index < -0.39 is 0 Å². The highest BCUT2D eigenvalue weighted by atomic mass is 16.5. The molecule has 2 rings (SSSR count). The molecule has 2 N–H and O–H groups in total. The summed E-state index contributed by atoms with van der Waals surface area (Å²) in [5.41, 5.74) is 7.17. The molecule has 0 saturated carbocycles. The third-order valence-electron chi connectivity index (χ3n) is 3.94. The monoisotopic (exact) mass is 290 g/mol. The summed E-state index contributed by atoms with van der Waals surface area (Å²) in [5, 5.41) is 0. The molecule has 1 aromatic carbocycles. The highest BCUT2D eigenvalue weighted by molar-refractivity contribution is 5.98. The molecule has 1 heterocycles. The zero-order valence-electron chi connectivity index (χ0n) is 13.3. The van der Waals surface area contributed by atoms with Gasteiger partial charge in [-0.2, -0.15) is 0 Å². The first kappa shape index (κ1) is 15.8. The van der Waals surface area contributed by atoms with Crippen molar-refractivity contribution in [1.82, 2.24) is 4.90 Å². The van der Waals surface area contributed by atoms with Crippen LogP contribution in [0.3, 0.4) is 0 Å². The lowest BCUT2D eigenvalue weighted by Crippen LogP contribution is -2.36. The highest BCUT2D eigenvalue weighted by Crippen LogP contribution is 2.24. The molecule has 0 amide bonds. The van der Waals surface area contributed by atoms with Crippen LogP contribution in [0.4, 0.5) is 5.69 Å². The zero-order valence-corrected chi connectivity index (χ0v) is 13.3. The second kappa shape index (κ2) is 6.94. The number of nitrogens with two attached hydrogens (primary N) is 1. The summed E-state index contributed by atoms with van der Waals surface area (Å²) in [6.07, 6.45) is 2.43. The van der Waals surface area contributed by atoms with Gasteiger partial charge in [0.2, 0.25) is 0 Å². The molecule has 4 heteroatoms. The third kappa shape index (κ3) is 4.46. The molecule has 116 valence electrons. The van der Waals surface area contributed by atoms with Gasteiger partial charge in [0.15, 0.2) is 5.78 Å². The highest BCUT2D eigenvalue weighted by Gasteiger charge is 2.19. The van der Waals surface area contributed by atoms with E-state index in [1.54, 1.807) is 12.1 Å². The molecule has 0 atom stereocenters. The maximum Gasteiger partial charge on any atom is 0.176 e. The lowest BCUT2D eigenvalue weighted by molar-refractivity contribution is 0.0900. The number of carbonyl (C=O) groups is 1. The molecular formula is C17H26N2O2. The smallest absolute Gasteiger partial charge is 0.176 e. The van der Waals surface area contributed by atoms with Crippen LogP contribution in [0.25, 0.3) is 0 Å². The molecule has 1 saturated heterocycles. The van der Waals surface area contributed by atoms with Crippen molar-refractivity contribution >= 4 is 11.5 Å². The van der Waals surface area contributed by atoms with Gasteiger partial charge in [-0.25, -0.2) is 0 Å². The topological polar surface area (TPSA) is 55.6 Å². The fourth-order valence-corrected chi connectivity index (χ4v) is 2.60. The normalized spacial score (nSPS) is 17.1. The molecule has 0 aliphatic carbocycles. The summed E-state index contributed by atoms with van der Waals surface area (Å²) in [7, 11) is 0. The Morgan fingerprint density at radius 2 is 2.05 bits per heavy atom. The Labute approximate surface area is 127 Å². The van der Waals surface area contributed by atoms with Crippen molar-refractivity contribution in [1.29, 1.82) is 0 Å². The van der Waals surface area contributed by atoms with Crippen molar-refractivity contribution in [2.75, 3.05) is 25.4 Å². The van der Waals surface area contributed by atoms with Crippen molar-refractivity contribution in [3.8, 4) is 5.75 Å². The molecular weight excluding hydrogens is 264 g/mol. The zero-order chi connectivity index (χ0) is 15.4. The summed E-state index contributed by atoms with van der Waals surface area (Å²) in [5.74, 6) is 1.56. The number of hydrogen-bond acceptors (Lipinski definition) is 4. The second-order valence-electron chi connectivity index (χ2n) is 6.30. The van der Waals surface area contributed by atoms with E-state index in [1.165, 1.54) is 12.8 Å². The first-order valence-electron chi connectivity index (χ1n) is 7.77. The third-order valence-corrected chi connectivity index (χ3v) is 3.94. The number of benzene rings is 1. The molecule has 0 unspecified atom stereocenters. The van der Waals surface area contributed by atoms with E-state index in [0.29, 0.717) is 23.5 Å². The Balaban J connectivity index is 1.98. The number of anilines is 1. The average molecular weight is 290 g/mol. The van der Waals surface area contributed by atoms with Gasteiger partial charge in [-0.15, -0.1) is 0 Å². The van der Waals surface area contributed by atoms with Crippen LogP contribution >= 0.6 is 0 Å². The van der Waals surface area contributed by atoms with Gasteiger partial charge in [-0.1, -0.05) is 6.92 Å². The van der Waals surface area contributed by atoms with Gasteiger partial charge < -0.3 is 10.5 Å². The number of carbonyl (C=O) groups excluding carboxylic acids is 1. The molecule has 4 nitrogen and oxygen atoms in total. The van der Waals surface area contributed by atoms with Crippen molar-refractivity contribution in [3.05, 3.63) is 23.8 Å². The largest absolute Gasteiger partial charge is 0.489 e. The Bertz CT molecular complexity index is 492. The second-order valence-corrected chi connectivity index (χ2v) is 6.30. The number of ketones is 1. The minimum absolute atomic E-state index is 0.0733. The Hall–Kier alpha value is -1.55. The lowest BCUT2D eigenvalue weighted by atomic mass is 9.98. The molecule has 1 aromatic rings. The van der Waals surface area contributed by atoms with Crippen molar-refractivity contribution in [2.24, 2.45) is 5.92 Å². The molecule has 0 bridgehead atoms. The van der Waals surface area contributed by atoms with Crippen LogP contribution in [0, 0.1) is 5.92 Å². The van der Waals surface area contributed by atoms with Gasteiger partial charge in [0.1, 0.15) is 5.75 Å². The predicted molar refractivity (Wildman–Crippen MR) is 85.8 cm³/mol. The number of nitrogen functional groups attached to an aromatic ring is 1. The number of piperidine rings is 1. The molecule has 1 fully saturated rings. The lowest BCUT2D eigenvalue weighted by Gasteiger charge is -2.29.